The summed E-state index contributed by atoms with van der Waals surface area (Å²) < 4.78 is 6.35. The monoisotopic (exact) mass is 418 g/mol. The molecule has 0 spiro atoms. The Morgan fingerprint density at radius 3 is 1.89 bits per heavy atom. The molecule has 27 heavy (non-hydrogen) atoms. The number of rotatable bonds is 7. The molecule has 0 amide bonds. The quantitative estimate of drug-likeness (QED) is 0.620. The zero-order chi connectivity index (χ0) is 18.4. The van der Waals surface area contributed by atoms with Crippen LogP contribution in [0.15, 0.2) is 30.3 Å². The Morgan fingerprint density at radius 1 is 1.00 bits per heavy atom. The number of hydrogen-bond acceptors (Lipinski definition) is 4. The smallest absolute Gasteiger partial charge is 0.306 e. The standard InChI is InChI=1S/C21H34N2O2.2ClH/c1-6-20(24)25-21(17-11-8-7-9-12-17)18(15-22(2)3)13-10-14-19(21)16-23(4)5;;/h7-9,11-12,18-19H,6,10,13-16H2,1-5H3;2*1H. The van der Waals surface area contributed by atoms with Crippen molar-refractivity contribution in [3.8, 4) is 0 Å². The predicted molar refractivity (Wildman–Crippen MR) is 117 cm³/mol. The van der Waals surface area contributed by atoms with E-state index in [1.54, 1.807) is 0 Å². The number of carbonyl (C=O) groups excluding carboxylic acids is 1. The second-order valence-electron chi connectivity index (χ2n) is 7.84. The molecule has 2 atom stereocenters. The average Bonchev–Trinajstić information content (AvgIpc) is 2.57. The van der Waals surface area contributed by atoms with Crippen LogP contribution < -0.4 is 0 Å². The van der Waals surface area contributed by atoms with Crippen LogP contribution in [0.25, 0.3) is 0 Å². The fourth-order valence-electron chi connectivity index (χ4n) is 4.36. The van der Waals surface area contributed by atoms with E-state index < -0.39 is 5.60 Å². The lowest BCUT2D eigenvalue weighted by atomic mass is 9.64. The number of carbonyl (C=O) groups is 1. The third-order valence-corrected chi connectivity index (χ3v) is 5.29. The molecule has 0 saturated heterocycles. The fourth-order valence-corrected chi connectivity index (χ4v) is 4.36. The maximum Gasteiger partial charge on any atom is 0.306 e. The van der Waals surface area contributed by atoms with Gasteiger partial charge >= 0.3 is 5.97 Å². The van der Waals surface area contributed by atoms with Crippen molar-refractivity contribution in [1.82, 2.24) is 9.80 Å². The Hall–Kier alpha value is -0.810. The van der Waals surface area contributed by atoms with Gasteiger partial charge in [0.25, 0.3) is 0 Å². The number of ether oxygens (including phenoxy) is 1. The van der Waals surface area contributed by atoms with Crippen molar-refractivity contribution >= 4 is 30.8 Å². The lowest BCUT2D eigenvalue weighted by Crippen LogP contribution is -2.54. The molecule has 4 nitrogen and oxygen atoms in total. The van der Waals surface area contributed by atoms with Crippen molar-refractivity contribution in [1.29, 1.82) is 0 Å². The van der Waals surface area contributed by atoms with Gasteiger partial charge in [-0.1, -0.05) is 43.7 Å². The van der Waals surface area contributed by atoms with E-state index in [-0.39, 0.29) is 30.8 Å². The highest BCUT2D eigenvalue weighted by atomic mass is 35.5. The summed E-state index contributed by atoms with van der Waals surface area (Å²) in [4.78, 5) is 16.9. The molecule has 0 N–H and O–H groups in total. The molecule has 2 rings (SSSR count). The highest BCUT2D eigenvalue weighted by molar-refractivity contribution is 5.85. The van der Waals surface area contributed by atoms with Crippen LogP contribution in [0.4, 0.5) is 0 Å². The van der Waals surface area contributed by atoms with Gasteiger partial charge in [0.1, 0.15) is 5.60 Å². The van der Waals surface area contributed by atoms with E-state index >= 15 is 0 Å². The van der Waals surface area contributed by atoms with Gasteiger partial charge in [-0.05, 0) is 46.6 Å². The first-order valence-corrected chi connectivity index (χ1v) is 9.47. The minimum Gasteiger partial charge on any atom is -0.453 e. The zero-order valence-electron chi connectivity index (χ0n) is 17.3. The number of hydrogen-bond donors (Lipinski definition) is 0. The van der Waals surface area contributed by atoms with Gasteiger partial charge in [0, 0.05) is 31.3 Å². The Bertz CT molecular complexity index is 534. The maximum absolute atomic E-state index is 12.5. The van der Waals surface area contributed by atoms with Crippen molar-refractivity contribution in [2.45, 2.75) is 38.2 Å². The van der Waals surface area contributed by atoms with Crippen LogP contribution in [-0.4, -0.2) is 57.0 Å². The van der Waals surface area contributed by atoms with Crippen molar-refractivity contribution in [3.05, 3.63) is 35.9 Å². The highest BCUT2D eigenvalue weighted by Crippen LogP contribution is 2.49. The van der Waals surface area contributed by atoms with E-state index in [0.29, 0.717) is 18.3 Å². The topological polar surface area (TPSA) is 32.8 Å². The molecule has 6 heteroatoms. The molecular formula is C21H36Cl2N2O2. The zero-order valence-corrected chi connectivity index (χ0v) is 18.9. The summed E-state index contributed by atoms with van der Waals surface area (Å²) in [7, 11) is 8.42. The first-order chi connectivity index (χ1) is 11.9. The first-order valence-electron chi connectivity index (χ1n) is 9.47. The van der Waals surface area contributed by atoms with Crippen LogP contribution in [0.5, 0.6) is 0 Å². The fraction of sp³-hybridized carbons (Fsp3) is 0.667. The van der Waals surface area contributed by atoms with E-state index in [9.17, 15) is 4.79 Å². The molecule has 1 aromatic carbocycles. The summed E-state index contributed by atoms with van der Waals surface area (Å²) in [6, 6.07) is 10.4. The molecule has 2 unspecified atom stereocenters. The number of esters is 1. The normalized spacial score (nSPS) is 24.9. The van der Waals surface area contributed by atoms with E-state index in [2.05, 4.69) is 62.3 Å². The Balaban J connectivity index is 0.00000338. The van der Waals surface area contributed by atoms with Crippen molar-refractivity contribution < 1.29 is 9.53 Å². The molecule has 1 fully saturated rings. The van der Waals surface area contributed by atoms with Crippen LogP contribution >= 0.6 is 24.8 Å². The largest absolute Gasteiger partial charge is 0.453 e. The van der Waals surface area contributed by atoms with Gasteiger partial charge in [0.15, 0.2) is 0 Å². The summed E-state index contributed by atoms with van der Waals surface area (Å²) in [5, 5.41) is 0. The van der Waals surface area contributed by atoms with Gasteiger partial charge in [0.05, 0.1) is 0 Å². The summed E-state index contributed by atoms with van der Waals surface area (Å²) in [5.74, 6) is 0.511. The predicted octanol–water partition coefficient (Wildman–Crippen LogP) is 4.22. The number of nitrogens with zero attached hydrogens (tertiary/aromatic N) is 2. The van der Waals surface area contributed by atoms with Crippen LogP contribution in [0.1, 0.15) is 38.2 Å². The molecule has 0 bridgehead atoms. The first kappa shape index (κ1) is 26.2. The minimum absolute atomic E-state index is 0. The van der Waals surface area contributed by atoms with E-state index in [1.807, 2.05) is 13.0 Å². The lowest BCUT2D eigenvalue weighted by Gasteiger charge is -2.50. The van der Waals surface area contributed by atoms with Gasteiger partial charge in [-0.3, -0.25) is 4.79 Å². The highest BCUT2D eigenvalue weighted by Gasteiger charge is 2.52. The number of halogens is 2. The van der Waals surface area contributed by atoms with Crippen LogP contribution in [0.3, 0.4) is 0 Å². The molecule has 0 aliphatic heterocycles. The summed E-state index contributed by atoms with van der Waals surface area (Å²) >= 11 is 0. The molecule has 1 aliphatic rings. The SMILES string of the molecule is CCC(=O)OC1(c2ccccc2)C(CN(C)C)CCCC1CN(C)C.Cl.Cl. The molecule has 1 aliphatic carbocycles. The molecule has 0 heterocycles. The van der Waals surface area contributed by atoms with Crippen LogP contribution in [0, 0.1) is 11.8 Å². The van der Waals surface area contributed by atoms with Gasteiger partial charge in [-0.2, -0.15) is 0 Å². The van der Waals surface area contributed by atoms with Gasteiger partial charge in [-0.25, -0.2) is 0 Å². The van der Waals surface area contributed by atoms with Gasteiger partial charge in [-0.15, -0.1) is 24.8 Å². The Kier molecular flexibility index (Phi) is 11.5. The van der Waals surface area contributed by atoms with Crippen molar-refractivity contribution in [2.24, 2.45) is 11.8 Å². The number of benzene rings is 1. The van der Waals surface area contributed by atoms with Gasteiger partial charge in [0.2, 0.25) is 0 Å². The van der Waals surface area contributed by atoms with Crippen molar-refractivity contribution in [3.63, 3.8) is 0 Å². The van der Waals surface area contributed by atoms with Crippen LogP contribution in [0.2, 0.25) is 0 Å². The minimum atomic E-state index is -0.541. The average molecular weight is 419 g/mol. The summed E-state index contributed by atoms with van der Waals surface area (Å²) in [6.45, 7) is 3.73. The summed E-state index contributed by atoms with van der Waals surface area (Å²) in [5.41, 5.74) is 0.608. The van der Waals surface area contributed by atoms with E-state index in [1.165, 1.54) is 6.42 Å². The molecule has 156 valence electrons. The molecule has 1 aromatic rings. The Morgan fingerprint density at radius 2 is 1.48 bits per heavy atom. The van der Waals surface area contributed by atoms with E-state index in [0.717, 1.165) is 31.5 Å². The van der Waals surface area contributed by atoms with Crippen molar-refractivity contribution in [2.75, 3.05) is 41.3 Å². The molecule has 1 saturated carbocycles. The molecular weight excluding hydrogens is 383 g/mol. The Labute approximate surface area is 177 Å². The third-order valence-electron chi connectivity index (χ3n) is 5.29. The third kappa shape index (κ3) is 6.35. The maximum atomic E-state index is 12.5. The second-order valence-corrected chi connectivity index (χ2v) is 7.84. The van der Waals surface area contributed by atoms with Gasteiger partial charge < -0.3 is 14.5 Å². The lowest BCUT2D eigenvalue weighted by molar-refractivity contribution is -0.187. The molecule has 0 aromatic heterocycles. The van der Waals surface area contributed by atoms with E-state index in [4.69, 9.17) is 4.74 Å². The second kappa shape index (κ2) is 11.9. The van der Waals surface area contributed by atoms with Crippen LogP contribution in [-0.2, 0) is 15.1 Å². The summed E-state index contributed by atoms with van der Waals surface area (Å²) in [6.07, 6.45) is 3.79. The molecule has 0 radical (unpaired) electrons.